The van der Waals surface area contributed by atoms with Gasteiger partial charge in [-0.3, -0.25) is 33.5 Å². The number of likely N-dealkylation sites (tertiary alicyclic amines) is 2. The highest BCUT2D eigenvalue weighted by Gasteiger charge is 2.37. The second kappa shape index (κ2) is 11.1. The first-order chi connectivity index (χ1) is 17.3. The summed E-state index contributed by atoms with van der Waals surface area (Å²) >= 11 is 0. The third kappa shape index (κ3) is 5.52. The lowest BCUT2D eigenvalue weighted by molar-refractivity contribution is -0.149. The number of piperazine rings is 1. The van der Waals surface area contributed by atoms with E-state index < -0.39 is 17.3 Å². The lowest BCUT2D eigenvalue weighted by Crippen LogP contribution is -2.57. The highest BCUT2D eigenvalue weighted by atomic mass is 16.2. The molecule has 4 heterocycles. The van der Waals surface area contributed by atoms with E-state index in [4.69, 9.17) is 0 Å². The molecule has 1 N–H and O–H groups in total. The molecule has 0 aliphatic carbocycles. The Labute approximate surface area is 208 Å². The summed E-state index contributed by atoms with van der Waals surface area (Å²) in [4.78, 5) is 83.3. The molecule has 3 aliphatic rings. The number of nitrogens with one attached hydrogen (secondary N) is 1. The van der Waals surface area contributed by atoms with Crippen LogP contribution in [0, 0.1) is 5.92 Å². The van der Waals surface area contributed by atoms with Gasteiger partial charge in [0.05, 0.1) is 5.92 Å². The minimum absolute atomic E-state index is 0.0254. The standard InChI is InChI=1S/C24H34N6O6/c1-2-18(30-9-4-6-20(30)32)23(35)27-13-11-26(12-14-27)22(34)17-5-3-8-28(15-17)21(33)16-29-10-7-19(31)25-24(29)36/h7,10,17-18H,2-6,8-9,11-16H2,1H3,(H,25,31,36). The van der Waals surface area contributed by atoms with Crippen LogP contribution < -0.4 is 11.2 Å². The Bertz CT molecular complexity index is 1120. The molecule has 0 aromatic carbocycles. The molecule has 3 aliphatic heterocycles. The van der Waals surface area contributed by atoms with Gasteiger partial charge in [0.25, 0.3) is 5.56 Å². The molecule has 12 heteroatoms. The summed E-state index contributed by atoms with van der Waals surface area (Å²) in [7, 11) is 0. The molecule has 3 fully saturated rings. The minimum atomic E-state index is -0.646. The van der Waals surface area contributed by atoms with E-state index in [1.165, 1.54) is 12.3 Å². The molecule has 0 radical (unpaired) electrons. The first-order valence-corrected chi connectivity index (χ1v) is 12.7. The molecule has 3 saturated heterocycles. The van der Waals surface area contributed by atoms with Gasteiger partial charge < -0.3 is 19.6 Å². The molecule has 36 heavy (non-hydrogen) atoms. The first-order valence-electron chi connectivity index (χ1n) is 12.7. The Morgan fingerprint density at radius 2 is 1.69 bits per heavy atom. The molecule has 4 rings (SSSR count). The smallest absolute Gasteiger partial charge is 0.328 e. The largest absolute Gasteiger partial charge is 0.340 e. The normalized spacial score (nSPS) is 21.6. The fourth-order valence-corrected chi connectivity index (χ4v) is 5.36. The molecule has 12 nitrogen and oxygen atoms in total. The van der Waals surface area contributed by atoms with Gasteiger partial charge in [-0.05, 0) is 25.7 Å². The summed E-state index contributed by atoms with van der Waals surface area (Å²) in [5, 5.41) is 0. The molecule has 0 spiro atoms. The molecule has 2 atom stereocenters. The van der Waals surface area contributed by atoms with E-state index in [0.29, 0.717) is 65.0 Å². The van der Waals surface area contributed by atoms with Gasteiger partial charge in [0.2, 0.25) is 23.6 Å². The molecule has 2 unspecified atom stereocenters. The molecular weight excluding hydrogens is 468 g/mol. The quantitative estimate of drug-likeness (QED) is 0.522. The van der Waals surface area contributed by atoms with Crippen LogP contribution in [0.5, 0.6) is 0 Å². The molecule has 1 aromatic heterocycles. The van der Waals surface area contributed by atoms with Crippen molar-refractivity contribution in [1.29, 1.82) is 0 Å². The van der Waals surface area contributed by atoms with Crippen molar-refractivity contribution in [1.82, 2.24) is 29.2 Å². The zero-order chi connectivity index (χ0) is 25.8. The SMILES string of the molecule is CCC(C(=O)N1CCN(C(=O)C2CCCN(C(=O)Cn3ccc(=O)[nH]c3=O)C2)CC1)N1CCCC1=O. The minimum Gasteiger partial charge on any atom is -0.340 e. The van der Waals surface area contributed by atoms with Gasteiger partial charge in [-0.15, -0.1) is 0 Å². The lowest BCUT2D eigenvalue weighted by atomic mass is 9.96. The van der Waals surface area contributed by atoms with E-state index in [2.05, 4.69) is 4.98 Å². The Morgan fingerprint density at radius 3 is 2.33 bits per heavy atom. The average molecular weight is 503 g/mol. The Hall–Kier alpha value is -3.44. The molecule has 1 aromatic rings. The van der Waals surface area contributed by atoms with Crippen molar-refractivity contribution in [3.05, 3.63) is 33.1 Å². The van der Waals surface area contributed by atoms with Crippen LogP contribution in [0.25, 0.3) is 0 Å². The maximum absolute atomic E-state index is 13.2. The van der Waals surface area contributed by atoms with Crippen LogP contribution in [0.3, 0.4) is 0 Å². The lowest BCUT2D eigenvalue weighted by Gasteiger charge is -2.40. The topological polar surface area (TPSA) is 136 Å². The number of rotatable bonds is 6. The number of hydrogen-bond acceptors (Lipinski definition) is 6. The number of carbonyl (C=O) groups is 4. The predicted molar refractivity (Wildman–Crippen MR) is 129 cm³/mol. The Kier molecular flexibility index (Phi) is 7.90. The van der Waals surface area contributed by atoms with E-state index in [9.17, 15) is 28.8 Å². The van der Waals surface area contributed by atoms with Crippen LogP contribution in [0.2, 0.25) is 0 Å². The monoisotopic (exact) mass is 502 g/mol. The molecule has 0 saturated carbocycles. The molecule has 0 bridgehead atoms. The van der Waals surface area contributed by atoms with Crippen molar-refractivity contribution in [2.24, 2.45) is 5.92 Å². The second-order valence-corrected chi connectivity index (χ2v) is 9.68. The zero-order valence-electron chi connectivity index (χ0n) is 20.7. The van der Waals surface area contributed by atoms with Gasteiger partial charge in [0, 0.05) is 64.5 Å². The van der Waals surface area contributed by atoms with Gasteiger partial charge in [-0.1, -0.05) is 6.92 Å². The third-order valence-electron chi connectivity index (χ3n) is 7.39. The van der Waals surface area contributed by atoms with Crippen LogP contribution in [-0.2, 0) is 25.7 Å². The summed E-state index contributed by atoms with van der Waals surface area (Å²) in [6, 6.07) is 0.753. The van der Waals surface area contributed by atoms with E-state index in [1.54, 1.807) is 19.6 Å². The van der Waals surface area contributed by atoms with Gasteiger partial charge in [0.1, 0.15) is 12.6 Å². The predicted octanol–water partition coefficient (Wildman–Crippen LogP) is -1.15. The van der Waals surface area contributed by atoms with Crippen molar-refractivity contribution in [3.63, 3.8) is 0 Å². The van der Waals surface area contributed by atoms with Crippen LogP contribution in [0.1, 0.15) is 39.0 Å². The number of H-pyrrole nitrogens is 1. The summed E-state index contributed by atoms with van der Waals surface area (Å²) < 4.78 is 1.14. The van der Waals surface area contributed by atoms with E-state index in [1.807, 2.05) is 6.92 Å². The van der Waals surface area contributed by atoms with E-state index in [0.717, 1.165) is 11.0 Å². The summed E-state index contributed by atoms with van der Waals surface area (Å²) in [5.41, 5.74) is -1.17. The fourth-order valence-electron chi connectivity index (χ4n) is 5.36. The summed E-state index contributed by atoms with van der Waals surface area (Å²) in [6.45, 7) is 4.82. The molecule has 196 valence electrons. The van der Waals surface area contributed by atoms with Crippen LogP contribution in [-0.4, -0.2) is 105 Å². The van der Waals surface area contributed by atoms with Crippen LogP contribution in [0.4, 0.5) is 0 Å². The first kappa shape index (κ1) is 25.6. The van der Waals surface area contributed by atoms with Crippen LogP contribution >= 0.6 is 0 Å². The number of aromatic amines is 1. The number of hydrogen-bond donors (Lipinski definition) is 1. The average Bonchev–Trinajstić information content (AvgIpc) is 3.31. The second-order valence-electron chi connectivity index (χ2n) is 9.68. The zero-order valence-corrected chi connectivity index (χ0v) is 20.7. The maximum Gasteiger partial charge on any atom is 0.328 e. The highest BCUT2D eigenvalue weighted by Crippen LogP contribution is 2.22. The van der Waals surface area contributed by atoms with E-state index >= 15 is 0 Å². The van der Waals surface area contributed by atoms with Crippen molar-refractivity contribution in [2.45, 2.75) is 51.6 Å². The van der Waals surface area contributed by atoms with Crippen molar-refractivity contribution in [3.8, 4) is 0 Å². The van der Waals surface area contributed by atoms with Gasteiger partial charge >= 0.3 is 5.69 Å². The van der Waals surface area contributed by atoms with Crippen molar-refractivity contribution < 1.29 is 19.2 Å². The van der Waals surface area contributed by atoms with Gasteiger partial charge in [-0.2, -0.15) is 0 Å². The third-order valence-corrected chi connectivity index (χ3v) is 7.39. The number of carbonyl (C=O) groups excluding carboxylic acids is 4. The number of piperidine rings is 1. The Morgan fingerprint density at radius 1 is 0.972 bits per heavy atom. The number of aromatic nitrogens is 2. The number of amides is 4. The van der Waals surface area contributed by atoms with Gasteiger partial charge in [0.15, 0.2) is 0 Å². The number of nitrogens with zero attached hydrogens (tertiary/aromatic N) is 5. The van der Waals surface area contributed by atoms with Crippen LogP contribution in [0.15, 0.2) is 21.9 Å². The molecule has 4 amide bonds. The van der Waals surface area contributed by atoms with E-state index in [-0.39, 0.29) is 42.6 Å². The fraction of sp³-hybridized carbons (Fsp3) is 0.667. The van der Waals surface area contributed by atoms with Crippen molar-refractivity contribution >= 4 is 23.6 Å². The maximum atomic E-state index is 13.2. The summed E-state index contributed by atoms with van der Waals surface area (Å²) in [5.74, 6) is -0.651. The van der Waals surface area contributed by atoms with Crippen molar-refractivity contribution in [2.75, 3.05) is 45.8 Å². The van der Waals surface area contributed by atoms with Gasteiger partial charge in [-0.25, -0.2) is 4.79 Å². The summed E-state index contributed by atoms with van der Waals surface area (Å²) in [6.07, 6.45) is 4.50. The molecular formula is C24H34N6O6. The highest BCUT2D eigenvalue weighted by molar-refractivity contribution is 5.89. The Balaban J connectivity index is 1.30.